The van der Waals surface area contributed by atoms with Crippen LogP contribution >= 0.6 is 0 Å². The first-order chi connectivity index (χ1) is 13.4. The number of carbonyl (C=O) groups excluding carboxylic acids is 2. The molecule has 0 bridgehead atoms. The van der Waals surface area contributed by atoms with Crippen molar-refractivity contribution in [2.75, 3.05) is 5.32 Å². The molecule has 2 amide bonds. The van der Waals surface area contributed by atoms with E-state index in [1.54, 1.807) is 36.4 Å². The van der Waals surface area contributed by atoms with Gasteiger partial charge in [-0.2, -0.15) is 0 Å². The molecule has 0 atom stereocenters. The summed E-state index contributed by atoms with van der Waals surface area (Å²) in [5, 5.41) is 5.53. The number of carbonyl (C=O) groups is 2. The summed E-state index contributed by atoms with van der Waals surface area (Å²) >= 11 is 0. The summed E-state index contributed by atoms with van der Waals surface area (Å²) < 4.78 is 13.7. The second-order valence-electron chi connectivity index (χ2n) is 6.69. The third kappa shape index (κ3) is 4.82. The highest BCUT2D eigenvalue weighted by atomic mass is 19.1. The van der Waals surface area contributed by atoms with E-state index in [9.17, 15) is 14.0 Å². The molecule has 0 aliphatic heterocycles. The van der Waals surface area contributed by atoms with Crippen LogP contribution in [0.15, 0.2) is 66.7 Å². The summed E-state index contributed by atoms with van der Waals surface area (Å²) in [5.41, 5.74) is 3.92. The molecule has 0 aliphatic carbocycles. The molecule has 0 spiro atoms. The molecule has 5 heteroatoms. The van der Waals surface area contributed by atoms with Gasteiger partial charge in [-0.3, -0.25) is 9.59 Å². The van der Waals surface area contributed by atoms with Crippen LogP contribution in [0, 0.1) is 19.7 Å². The summed E-state index contributed by atoms with van der Waals surface area (Å²) in [5.74, 6) is -1.04. The summed E-state index contributed by atoms with van der Waals surface area (Å²) in [6.07, 6.45) is 0. The number of amides is 2. The van der Waals surface area contributed by atoms with Crippen molar-refractivity contribution in [3.05, 3.63) is 100 Å². The van der Waals surface area contributed by atoms with E-state index < -0.39 is 0 Å². The van der Waals surface area contributed by atoms with Gasteiger partial charge >= 0.3 is 0 Å². The average molecular weight is 376 g/mol. The van der Waals surface area contributed by atoms with Gasteiger partial charge in [0.15, 0.2) is 0 Å². The summed E-state index contributed by atoms with van der Waals surface area (Å²) in [7, 11) is 0. The zero-order valence-electron chi connectivity index (χ0n) is 15.8. The van der Waals surface area contributed by atoms with Crippen LogP contribution < -0.4 is 10.6 Å². The minimum Gasteiger partial charge on any atom is -0.348 e. The number of hydrogen-bond acceptors (Lipinski definition) is 2. The summed E-state index contributed by atoms with van der Waals surface area (Å²) in [6.45, 7) is 4.00. The van der Waals surface area contributed by atoms with Crippen LogP contribution in [0.4, 0.5) is 10.1 Å². The number of aryl methyl sites for hydroxylation is 2. The molecular formula is C23H21FN2O2. The summed E-state index contributed by atoms with van der Waals surface area (Å²) in [6, 6.07) is 18.5. The lowest BCUT2D eigenvalue weighted by Crippen LogP contribution is -2.24. The van der Waals surface area contributed by atoms with Crippen LogP contribution in [0.3, 0.4) is 0 Å². The van der Waals surface area contributed by atoms with Gasteiger partial charge in [-0.15, -0.1) is 0 Å². The number of nitrogens with one attached hydrogen (secondary N) is 2. The van der Waals surface area contributed by atoms with Gasteiger partial charge in [0.05, 0.1) is 0 Å². The zero-order chi connectivity index (χ0) is 20.1. The maximum absolute atomic E-state index is 13.7. The van der Waals surface area contributed by atoms with Gasteiger partial charge < -0.3 is 10.6 Å². The summed E-state index contributed by atoms with van der Waals surface area (Å²) in [4.78, 5) is 24.9. The first-order valence-corrected chi connectivity index (χ1v) is 8.94. The molecule has 0 saturated heterocycles. The van der Waals surface area contributed by atoms with Crippen molar-refractivity contribution in [1.29, 1.82) is 0 Å². The second-order valence-corrected chi connectivity index (χ2v) is 6.69. The maximum Gasteiger partial charge on any atom is 0.255 e. The van der Waals surface area contributed by atoms with Crippen molar-refractivity contribution in [3.8, 4) is 0 Å². The molecule has 4 nitrogen and oxygen atoms in total. The number of rotatable bonds is 5. The van der Waals surface area contributed by atoms with E-state index in [2.05, 4.69) is 10.6 Å². The van der Waals surface area contributed by atoms with Crippen LogP contribution in [-0.4, -0.2) is 11.8 Å². The molecule has 0 radical (unpaired) electrons. The van der Waals surface area contributed by atoms with Crippen molar-refractivity contribution in [3.63, 3.8) is 0 Å². The third-order valence-corrected chi connectivity index (χ3v) is 4.26. The Balaban J connectivity index is 1.69. The first-order valence-electron chi connectivity index (χ1n) is 8.94. The van der Waals surface area contributed by atoms with Crippen molar-refractivity contribution >= 4 is 17.5 Å². The van der Waals surface area contributed by atoms with Gasteiger partial charge in [0.2, 0.25) is 0 Å². The van der Waals surface area contributed by atoms with Crippen molar-refractivity contribution in [2.45, 2.75) is 20.4 Å². The van der Waals surface area contributed by atoms with Crippen LogP contribution in [0.2, 0.25) is 0 Å². The molecule has 0 aromatic heterocycles. The highest BCUT2D eigenvalue weighted by molar-refractivity contribution is 6.06. The topological polar surface area (TPSA) is 58.2 Å². The fourth-order valence-corrected chi connectivity index (χ4v) is 2.97. The van der Waals surface area contributed by atoms with Crippen molar-refractivity contribution in [2.24, 2.45) is 0 Å². The van der Waals surface area contributed by atoms with Gasteiger partial charge in [0.25, 0.3) is 11.8 Å². The van der Waals surface area contributed by atoms with Gasteiger partial charge in [-0.25, -0.2) is 4.39 Å². The highest BCUT2D eigenvalue weighted by Gasteiger charge is 2.12. The van der Waals surface area contributed by atoms with Crippen LogP contribution in [0.1, 0.15) is 37.4 Å². The Labute approximate surface area is 163 Å². The fourth-order valence-electron chi connectivity index (χ4n) is 2.97. The standard InChI is InChI=1S/C23H21FN2O2/c1-15-10-16(2)12-20(11-15)26-23(28)18-8-5-7-17(13-18)22(27)25-14-19-6-3-4-9-21(19)24/h3-13H,14H2,1-2H3,(H,25,27)(H,26,28). The van der Waals surface area contributed by atoms with Gasteiger partial charge in [-0.1, -0.05) is 30.3 Å². The molecule has 2 N–H and O–H groups in total. The monoisotopic (exact) mass is 376 g/mol. The number of halogens is 1. The quantitative estimate of drug-likeness (QED) is 0.682. The van der Waals surface area contributed by atoms with E-state index >= 15 is 0 Å². The maximum atomic E-state index is 13.7. The van der Waals surface area contributed by atoms with Crippen LogP contribution in [0.25, 0.3) is 0 Å². The molecule has 142 valence electrons. The van der Waals surface area contributed by atoms with Crippen LogP contribution in [0.5, 0.6) is 0 Å². The predicted molar refractivity (Wildman–Crippen MR) is 108 cm³/mol. The van der Waals surface area contributed by atoms with E-state index in [0.29, 0.717) is 22.4 Å². The molecule has 28 heavy (non-hydrogen) atoms. The number of benzene rings is 3. The largest absolute Gasteiger partial charge is 0.348 e. The van der Waals surface area contributed by atoms with E-state index in [-0.39, 0.29) is 24.2 Å². The molecule has 3 aromatic rings. The van der Waals surface area contributed by atoms with Gasteiger partial charge in [0.1, 0.15) is 5.82 Å². The molecule has 3 aromatic carbocycles. The minimum absolute atomic E-state index is 0.0739. The molecule has 0 aliphatic rings. The smallest absolute Gasteiger partial charge is 0.255 e. The molecule has 0 heterocycles. The molecule has 0 unspecified atom stereocenters. The Hall–Kier alpha value is -3.47. The number of hydrogen-bond donors (Lipinski definition) is 2. The minimum atomic E-state index is -0.371. The van der Waals surface area contributed by atoms with E-state index in [4.69, 9.17) is 0 Å². The Morgan fingerprint density at radius 2 is 1.46 bits per heavy atom. The zero-order valence-corrected chi connectivity index (χ0v) is 15.8. The Morgan fingerprint density at radius 3 is 2.14 bits per heavy atom. The third-order valence-electron chi connectivity index (χ3n) is 4.26. The normalized spacial score (nSPS) is 10.4. The SMILES string of the molecule is Cc1cc(C)cc(NC(=O)c2cccc(C(=O)NCc3ccccc3F)c2)c1. The van der Waals surface area contributed by atoms with Crippen molar-refractivity contribution < 1.29 is 14.0 Å². The lowest BCUT2D eigenvalue weighted by Gasteiger charge is -2.10. The highest BCUT2D eigenvalue weighted by Crippen LogP contribution is 2.16. The Morgan fingerprint density at radius 1 is 0.821 bits per heavy atom. The molecule has 0 fully saturated rings. The predicted octanol–water partition coefficient (Wildman–Crippen LogP) is 4.62. The lowest BCUT2D eigenvalue weighted by atomic mass is 10.1. The molecule has 0 saturated carbocycles. The van der Waals surface area contributed by atoms with Crippen LogP contribution in [-0.2, 0) is 6.54 Å². The Bertz CT molecular complexity index is 1010. The first kappa shape index (κ1) is 19.3. The van der Waals surface area contributed by atoms with E-state index in [0.717, 1.165) is 11.1 Å². The van der Waals surface area contributed by atoms with E-state index in [1.165, 1.54) is 12.1 Å². The van der Waals surface area contributed by atoms with Gasteiger partial charge in [-0.05, 0) is 61.4 Å². The van der Waals surface area contributed by atoms with Gasteiger partial charge in [0, 0.05) is 28.9 Å². The lowest BCUT2D eigenvalue weighted by molar-refractivity contribution is 0.0950. The van der Waals surface area contributed by atoms with E-state index in [1.807, 2.05) is 32.0 Å². The Kier molecular flexibility index (Phi) is 5.84. The number of anilines is 1. The molecular weight excluding hydrogens is 355 g/mol. The van der Waals surface area contributed by atoms with Crippen molar-refractivity contribution in [1.82, 2.24) is 5.32 Å². The average Bonchev–Trinajstić information content (AvgIpc) is 2.66. The molecule has 3 rings (SSSR count). The fraction of sp³-hybridized carbons (Fsp3) is 0.130. The second kappa shape index (κ2) is 8.48.